The van der Waals surface area contributed by atoms with E-state index in [1.165, 1.54) is 12.1 Å². The Morgan fingerprint density at radius 1 is 1.08 bits per heavy atom. The van der Waals surface area contributed by atoms with Gasteiger partial charge in [-0.05, 0) is 68.3 Å². The first-order chi connectivity index (χ1) is 12.2. The molecule has 3 aliphatic heterocycles. The fourth-order valence-corrected chi connectivity index (χ4v) is 4.84. The minimum atomic E-state index is -0.552. The van der Waals surface area contributed by atoms with Crippen LogP contribution in [0.4, 0.5) is 4.39 Å². The zero-order valence-corrected chi connectivity index (χ0v) is 15.9. The zero-order chi connectivity index (χ0) is 17.3. The molecule has 1 amide bonds. The molecule has 4 nitrogen and oxygen atoms in total. The normalized spacial score (nSPS) is 28.0. The van der Waals surface area contributed by atoms with Crippen molar-refractivity contribution in [3.8, 4) is 0 Å². The number of rotatable bonds is 2. The van der Waals surface area contributed by atoms with Gasteiger partial charge in [-0.1, -0.05) is 12.1 Å². The van der Waals surface area contributed by atoms with Crippen LogP contribution in [-0.2, 0) is 14.9 Å². The van der Waals surface area contributed by atoms with Crippen molar-refractivity contribution < 1.29 is 13.9 Å². The van der Waals surface area contributed by atoms with Crippen molar-refractivity contribution >= 4 is 18.3 Å². The molecule has 1 aromatic rings. The van der Waals surface area contributed by atoms with E-state index in [0.29, 0.717) is 37.9 Å². The number of hydrogen-bond acceptors (Lipinski definition) is 3. The first-order valence-electron chi connectivity index (χ1n) is 9.53. The van der Waals surface area contributed by atoms with Crippen molar-refractivity contribution in [2.45, 2.75) is 31.1 Å². The Labute approximate surface area is 160 Å². The van der Waals surface area contributed by atoms with Gasteiger partial charge >= 0.3 is 0 Å². The molecule has 0 unspecified atom stereocenters. The molecule has 3 heterocycles. The number of carbonyl (C=O) groups is 1. The van der Waals surface area contributed by atoms with Crippen molar-refractivity contribution in [3.05, 3.63) is 35.6 Å². The number of nitrogens with zero attached hydrogens (tertiary/aromatic N) is 1. The van der Waals surface area contributed by atoms with E-state index in [0.717, 1.165) is 44.6 Å². The first-order valence-corrected chi connectivity index (χ1v) is 9.53. The molecule has 26 heavy (non-hydrogen) atoms. The van der Waals surface area contributed by atoms with Gasteiger partial charge in [-0.3, -0.25) is 4.79 Å². The van der Waals surface area contributed by atoms with Gasteiger partial charge in [0.1, 0.15) is 5.82 Å². The van der Waals surface area contributed by atoms with Crippen molar-refractivity contribution in [2.24, 2.45) is 11.8 Å². The molecular formula is C20H28ClFN2O2. The van der Waals surface area contributed by atoms with Crippen LogP contribution >= 0.6 is 12.4 Å². The van der Waals surface area contributed by atoms with Crippen LogP contribution < -0.4 is 5.32 Å². The molecule has 3 aliphatic rings. The van der Waals surface area contributed by atoms with E-state index in [1.807, 2.05) is 0 Å². The summed E-state index contributed by atoms with van der Waals surface area (Å²) in [5.41, 5.74) is 0.386. The monoisotopic (exact) mass is 382 g/mol. The molecule has 6 heteroatoms. The molecule has 0 spiro atoms. The van der Waals surface area contributed by atoms with Crippen LogP contribution in [-0.4, -0.2) is 50.2 Å². The summed E-state index contributed by atoms with van der Waals surface area (Å²) >= 11 is 0. The fraction of sp³-hybridized carbons (Fsp3) is 0.650. The number of halogens is 2. The second kappa shape index (κ2) is 8.24. The predicted molar refractivity (Wildman–Crippen MR) is 101 cm³/mol. The third-order valence-corrected chi connectivity index (χ3v) is 6.46. The maximum atomic E-state index is 13.6. The van der Waals surface area contributed by atoms with E-state index in [1.54, 1.807) is 12.1 Å². The van der Waals surface area contributed by atoms with Gasteiger partial charge in [0.25, 0.3) is 0 Å². The highest BCUT2D eigenvalue weighted by atomic mass is 35.5. The summed E-state index contributed by atoms with van der Waals surface area (Å²) in [5, 5.41) is 3.48. The van der Waals surface area contributed by atoms with Crippen LogP contribution in [0.1, 0.15) is 31.2 Å². The van der Waals surface area contributed by atoms with E-state index in [2.05, 4.69) is 10.2 Å². The first kappa shape index (κ1) is 19.6. The quantitative estimate of drug-likeness (QED) is 0.855. The number of amides is 1. The lowest BCUT2D eigenvalue weighted by atomic mass is 9.73. The largest absolute Gasteiger partial charge is 0.381 e. The van der Waals surface area contributed by atoms with Crippen LogP contribution in [0, 0.1) is 17.7 Å². The molecule has 3 saturated heterocycles. The highest BCUT2D eigenvalue weighted by molar-refractivity contribution is 5.88. The van der Waals surface area contributed by atoms with Gasteiger partial charge in [0.05, 0.1) is 5.41 Å². The van der Waals surface area contributed by atoms with Crippen molar-refractivity contribution in [1.29, 1.82) is 0 Å². The zero-order valence-electron chi connectivity index (χ0n) is 15.1. The van der Waals surface area contributed by atoms with Crippen LogP contribution in [0.25, 0.3) is 0 Å². The highest BCUT2D eigenvalue weighted by Gasteiger charge is 2.45. The van der Waals surface area contributed by atoms with Crippen molar-refractivity contribution in [2.75, 3.05) is 39.4 Å². The Bertz CT molecular complexity index is 605. The number of hydrogen-bond donors (Lipinski definition) is 1. The Balaban J connectivity index is 0.00000196. The van der Waals surface area contributed by atoms with Crippen LogP contribution in [0.15, 0.2) is 24.3 Å². The van der Waals surface area contributed by atoms with Gasteiger partial charge in [-0.15, -0.1) is 12.4 Å². The maximum absolute atomic E-state index is 13.6. The summed E-state index contributed by atoms with van der Waals surface area (Å²) < 4.78 is 18.9. The lowest BCUT2D eigenvalue weighted by Crippen LogP contribution is -2.50. The number of carbonyl (C=O) groups excluding carboxylic acids is 1. The van der Waals surface area contributed by atoms with Crippen LogP contribution in [0.5, 0.6) is 0 Å². The van der Waals surface area contributed by atoms with Gasteiger partial charge in [-0.2, -0.15) is 0 Å². The molecule has 1 N–H and O–H groups in total. The average molecular weight is 383 g/mol. The smallest absolute Gasteiger partial charge is 0.233 e. The highest BCUT2D eigenvalue weighted by Crippen LogP contribution is 2.38. The molecule has 144 valence electrons. The Morgan fingerprint density at radius 2 is 1.65 bits per heavy atom. The van der Waals surface area contributed by atoms with Crippen molar-refractivity contribution in [3.63, 3.8) is 0 Å². The van der Waals surface area contributed by atoms with E-state index in [9.17, 15) is 9.18 Å². The molecule has 0 aliphatic carbocycles. The number of fused-ring (bicyclic) bond motifs is 1. The molecule has 0 saturated carbocycles. The molecule has 0 aromatic heterocycles. The third-order valence-electron chi connectivity index (χ3n) is 6.46. The average Bonchev–Trinajstić information content (AvgIpc) is 3.01. The summed E-state index contributed by atoms with van der Waals surface area (Å²) in [6.45, 7) is 5.03. The molecule has 2 atom stereocenters. The topological polar surface area (TPSA) is 41.6 Å². The van der Waals surface area contributed by atoms with Gasteiger partial charge in [0.2, 0.25) is 5.91 Å². The summed E-state index contributed by atoms with van der Waals surface area (Å²) in [7, 11) is 0. The van der Waals surface area contributed by atoms with Gasteiger partial charge < -0.3 is 15.0 Å². The minimum absolute atomic E-state index is 0. The van der Waals surface area contributed by atoms with E-state index >= 15 is 0 Å². The second-order valence-corrected chi connectivity index (χ2v) is 7.75. The number of benzene rings is 1. The summed E-state index contributed by atoms with van der Waals surface area (Å²) in [5.74, 6) is 1.37. The molecule has 1 aromatic carbocycles. The van der Waals surface area contributed by atoms with Crippen molar-refractivity contribution in [1.82, 2.24) is 10.2 Å². The number of nitrogens with one attached hydrogen (secondary N) is 1. The molecule has 4 rings (SSSR count). The number of likely N-dealkylation sites (tertiary alicyclic amines) is 1. The van der Waals surface area contributed by atoms with E-state index < -0.39 is 5.41 Å². The summed E-state index contributed by atoms with van der Waals surface area (Å²) in [4.78, 5) is 15.7. The van der Waals surface area contributed by atoms with Crippen LogP contribution in [0.3, 0.4) is 0 Å². The van der Waals surface area contributed by atoms with Gasteiger partial charge in [0.15, 0.2) is 0 Å². The fourth-order valence-electron chi connectivity index (χ4n) is 4.84. The Hall–Kier alpha value is -1.17. The summed E-state index contributed by atoms with van der Waals surface area (Å²) in [6, 6.07) is 6.51. The van der Waals surface area contributed by atoms with E-state index in [4.69, 9.17) is 4.74 Å². The Kier molecular flexibility index (Phi) is 6.21. The molecular weight excluding hydrogens is 355 g/mol. The SMILES string of the molecule is Cl.O=C(N1CC[C@@H]2CNC[C@@H]2CC1)C1(c2ccc(F)cc2)CCOCC1. The van der Waals surface area contributed by atoms with Gasteiger partial charge in [-0.25, -0.2) is 4.39 Å². The molecule has 0 bridgehead atoms. The summed E-state index contributed by atoms with van der Waals surface area (Å²) in [6.07, 6.45) is 3.53. The van der Waals surface area contributed by atoms with E-state index in [-0.39, 0.29) is 24.1 Å². The van der Waals surface area contributed by atoms with Gasteiger partial charge in [0, 0.05) is 26.3 Å². The van der Waals surface area contributed by atoms with Crippen LogP contribution in [0.2, 0.25) is 0 Å². The molecule has 0 radical (unpaired) electrons. The lowest BCUT2D eigenvalue weighted by Gasteiger charge is -2.40. The Morgan fingerprint density at radius 3 is 2.23 bits per heavy atom. The second-order valence-electron chi connectivity index (χ2n) is 7.75. The standard InChI is InChI=1S/C20H27FN2O2.ClH/c21-18-3-1-17(2-4-18)20(7-11-25-12-8-20)19(24)23-9-5-15-13-22-14-16(15)6-10-23;/h1-4,15-16,22H,5-14H2;1H/t15-,16+;. The lowest BCUT2D eigenvalue weighted by molar-refractivity contribution is -0.141. The predicted octanol–water partition coefficient (Wildman–Crippen LogP) is 2.75. The maximum Gasteiger partial charge on any atom is 0.233 e. The minimum Gasteiger partial charge on any atom is -0.381 e. The third kappa shape index (κ3) is 3.62. The number of ether oxygens (including phenoxy) is 1. The molecule has 3 fully saturated rings.